The van der Waals surface area contributed by atoms with Crippen LogP contribution in [-0.2, 0) is 0 Å². The largest absolute Gasteiger partial charge is 0.494 e. The highest BCUT2D eigenvalue weighted by Crippen LogP contribution is 2.29. The molecule has 2 aromatic carbocycles. The molecule has 0 N–H and O–H groups in total. The van der Waals surface area contributed by atoms with Gasteiger partial charge in [0.25, 0.3) is 0 Å². The molecule has 0 saturated heterocycles. The third kappa shape index (κ3) is 3.31. The third-order valence-corrected chi connectivity index (χ3v) is 4.31. The molecule has 0 bridgehead atoms. The fourth-order valence-electron chi connectivity index (χ4n) is 2.98. The van der Waals surface area contributed by atoms with Gasteiger partial charge >= 0.3 is 0 Å². The van der Waals surface area contributed by atoms with E-state index >= 15 is 0 Å². The van der Waals surface area contributed by atoms with Crippen molar-refractivity contribution in [3.8, 4) is 34.2 Å². The number of nitrogens with zero attached hydrogens (tertiary/aromatic N) is 3. The highest BCUT2D eigenvalue weighted by atomic mass is 19.1. The third-order valence-electron chi connectivity index (χ3n) is 4.31. The Balaban J connectivity index is 1.91. The van der Waals surface area contributed by atoms with Crippen LogP contribution in [0.5, 0.6) is 5.75 Å². The van der Waals surface area contributed by atoms with Gasteiger partial charge in [0.15, 0.2) is 17.4 Å². The van der Waals surface area contributed by atoms with Crippen molar-refractivity contribution in [1.29, 1.82) is 0 Å². The Morgan fingerprint density at radius 2 is 1.70 bits per heavy atom. The Kier molecular flexibility index (Phi) is 4.42. The number of pyridine rings is 1. The molecular formula is C22H18FN3O. The summed E-state index contributed by atoms with van der Waals surface area (Å²) < 4.78 is 21.2. The molecule has 0 radical (unpaired) electrons. The van der Waals surface area contributed by atoms with Crippen LogP contribution in [0.2, 0.25) is 0 Å². The number of hydrogen-bond acceptors (Lipinski definition) is 3. The number of ether oxygens (including phenoxy) is 1. The van der Waals surface area contributed by atoms with E-state index in [4.69, 9.17) is 9.72 Å². The molecule has 4 rings (SSSR count). The molecule has 5 heteroatoms. The van der Waals surface area contributed by atoms with E-state index in [9.17, 15) is 4.39 Å². The van der Waals surface area contributed by atoms with Crippen LogP contribution >= 0.6 is 0 Å². The topological polar surface area (TPSA) is 39.9 Å². The highest BCUT2D eigenvalue weighted by Gasteiger charge is 2.15. The number of aryl methyl sites for hydroxylation is 1. The zero-order valence-electron chi connectivity index (χ0n) is 15.1. The standard InChI is InChI=1S/C22H18FN3O/c1-15-7-6-10-19(24-15)22-25-20(16-8-4-3-5-9-16)14-26(22)17-11-12-21(27-2)18(23)13-17/h3-14H,1-2H3. The van der Waals surface area contributed by atoms with E-state index in [0.717, 1.165) is 22.6 Å². The maximum Gasteiger partial charge on any atom is 0.167 e. The molecule has 4 nitrogen and oxygen atoms in total. The molecule has 0 unspecified atom stereocenters. The molecule has 0 atom stereocenters. The van der Waals surface area contributed by atoms with Gasteiger partial charge in [-0.15, -0.1) is 0 Å². The Bertz CT molecular complexity index is 1090. The second kappa shape index (κ2) is 7.03. The Morgan fingerprint density at radius 1 is 0.889 bits per heavy atom. The lowest BCUT2D eigenvalue weighted by Gasteiger charge is -2.09. The van der Waals surface area contributed by atoms with Gasteiger partial charge in [-0.2, -0.15) is 0 Å². The molecule has 27 heavy (non-hydrogen) atoms. The van der Waals surface area contributed by atoms with Crippen molar-refractivity contribution in [3.63, 3.8) is 0 Å². The van der Waals surface area contributed by atoms with Gasteiger partial charge < -0.3 is 4.74 Å². The summed E-state index contributed by atoms with van der Waals surface area (Å²) in [5, 5.41) is 0. The number of rotatable bonds is 4. The molecule has 0 aliphatic rings. The molecule has 4 aromatic rings. The maximum atomic E-state index is 14.3. The lowest BCUT2D eigenvalue weighted by molar-refractivity contribution is 0.386. The zero-order chi connectivity index (χ0) is 18.8. The summed E-state index contributed by atoms with van der Waals surface area (Å²) in [5.41, 5.74) is 4.06. The zero-order valence-corrected chi connectivity index (χ0v) is 15.1. The molecule has 0 amide bonds. The molecular weight excluding hydrogens is 341 g/mol. The van der Waals surface area contributed by atoms with Crippen LogP contribution in [0.4, 0.5) is 4.39 Å². The van der Waals surface area contributed by atoms with Crippen LogP contribution in [0, 0.1) is 12.7 Å². The van der Waals surface area contributed by atoms with Gasteiger partial charge in [0.05, 0.1) is 18.5 Å². The molecule has 0 saturated carbocycles. The monoisotopic (exact) mass is 359 g/mol. The van der Waals surface area contributed by atoms with E-state index in [1.807, 2.05) is 66.2 Å². The van der Waals surface area contributed by atoms with Gasteiger partial charge in [0.1, 0.15) is 5.69 Å². The minimum absolute atomic E-state index is 0.206. The second-order valence-corrected chi connectivity index (χ2v) is 6.17. The average molecular weight is 359 g/mol. The van der Waals surface area contributed by atoms with Crippen LogP contribution in [0.3, 0.4) is 0 Å². The average Bonchev–Trinajstić information content (AvgIpc) is 3.14. The van der Waals surface area contributed by atoms with E-state index in [2.05, 4.69) is 4.98 Å². The van der Waals surface area contributed by atoms with E-state index in [1.54, 1.807) is 12.1 Å². The molecule has 134 valence electrons. The van der Waals surface area contributed by atoms with Gasteiger partial charge in [-0.25, -0.2) is 14.4 Å². The summed E-state index contributed by atoms with van der Waals surface area (Å²) in [5.74, 6) is 0.438. The van der Waals surface area contributed by atoms with Crippen LogP contribution < -0.4 is 4.74 Å². The van der Waals surface area contributed by atoms with Crippen molar-refractivity contribution >= 4 is 0 Å². The second-order valence-electron chi connectivity index (χ2n) is 6.17. The van der Waals surface area contributed by atoms with Crippen molar-refractivity contribution in [2.45, 2.75) is 6.92 Å². The quantitative estimate of drug-likeness (QED) is 0.511. The summed E-state index contributed by atoms with van der Waals surface area (Å²) in [7, 11) is 1.45. The molecule has 0 aliphatic carbocycles. The number of halogens is 1. The predicted octanol–water partition coefficient (Wildman–Crippen LogP) is 5.06. The van der Waals surface area contributed by atoms with E-state index in [-0.39, 0.29) is 5.75 Å². The summed E-state index contributed by atoms with van der Waals surface area (Å²) in [4.78, 5) is 9.38. The van der Waals surface area contributed by atoms with Crippen LogP contribution in [0.15, 0.2) is 72.9 Å². The normalized spacial score (nSPS) is 10.8. The van der Waals surface area contributed by atoms with Crippen molar-refractivity contribution in [3.05, 3.63) is 84.4 Å². The van der Waals surface area contributed by atoms with E-state index < -0.39 is 5.82 Å². The number of imidazole rings is 1. The van der Waals surface area contributed by atoms with Gasteiger partial charge in [-0.1, -0.05) is 36.4 Å². The van der Waals surface area contributed by atoms with Crippen LogP contribution in [0.25, 0.3) is 28.5 Å². The number of methoxy groups -OCH3 is 1. The predicted molar refractivity (Wildman–Crippen MR) is 103 cm³/mol. The SMILES string of the molecule is COc1ccc(-n2cc(-c3ccccc3)nc2-c2cccc(C)n2)cc1F. The van der Waals surface area contributed by atoms with Gasteiger partial charge in [0.2, 0.25) is 0 Å². The first-order chi connectivity index (χ1) is 13.2. The summed E-state index contributed by atoms with van der Waals surface area (Å²) in [6.45, 7) is 1.93. The first-order valence-electron chi connectivity index (χ1n) is 8.58. The minimum Gasteiger partial charge on any atom is -0.494 e. The minimum atomic E-state index is -0.423. The van der Waals surface area contributed by atoms with E-state index in [0.29, 0.717) is 11.5 Å². The Hall–Kier alpha value is -3.47. The fraction of sp³-hybridized carbons (Fsp3) is 0.0909. The van der Waals surface area contributed by atoms with Gasteiger partial charge in [0, 0.05) is 23.5 Å². The van der Waals surface area contributed by atoms with Crippen molar-refractivity contribution < 1.29 is 9.13 Å². The summed E-state index contributed by atoms with van der Waals surface area (Å²) >= 11 is 0. The fourth-order valence-corrected chi connectivity index (χ4v) is 2.98. The van der Waals surface area contributed by atoms with Gasteiger partial charge in [-0.05, 0) is 31.2 Å². The lowest BCUT2D eigenvalue weighted by Crippen LogP contribution is -1.99. The van der Waals surface area contributed by atoms with Crippen molar-refractivity contribution in [1.82, 2.24) is 14.5 Å². The molecule has 2 heterocycles. The van der Waals surface area contributed by atoms with E-state index in [1.165, 1.54) is 13.2 Å². The van der Waals surface area contributed by atoms with Crippen molar-refractivity contribution in [2.24, 2.45) is 0 Å². The first-order valence-corrected chi connectivity index (χ1v) is 8.58. The lowest BCUT2D eigenvalue weighted by atomic mass is 10.2. The smallest absolute Gasteiger partial charge is 0.167 e. The molecule has 2 aromatic heterocycles. The highest BCUT2D eigenvalue weighted by molar-refractivity contribution is 5.65. The van der Waals surface area contributed by atoms with Crippen LogP contribution in [-0.4, -0.2) is 21.6 Å². The summed E-state index contributed by atoms with van der Waals surface area (Å²) in [6, 6.07) is 20.5. The number of benzene rings is 2. The number of hydrogen-bond donors (Lipinski definition) is 0. The maximum absolute atomic E-state index is 14.3. The molecule has 0 spiro atoms. The van der Waals surface area contributed by atoms with Gasteiger partial charge in [-0.3, -0.25) is 4.57 Å². The first kappa shape index (κ1) is 17.0. The van der Waals surface area contributed by atoms with Crippen LogP contribution in [0.1, 0.15) is 5.69 Å². The summed E-state index contributed by atoms with van der Waals surface area (Å²) in [6.07, 6.45) is 1.90. The Morgan fingerprint density at radius 3 is 2.41 bits per heavy atom. The molecule has 0 aliphatic heterocycles. The Labute approximate surface area is 156 Å². The number of aromatic nitrogens is 3. The van der Waals surface area contributed by atoms with Crippen molar-refractivity contribution in [2.75, 3.05) is 7.11 Å². The molecule has 0 fully saturated rings.